The molecule has 1 aliphatic heterocycles. The number of carbonyl (C=O) groups is 2. The number of rotatable bonds is 4. The Balaban J connectivity index is 1.68. The minimum Gasteiger partial charge on any atom is -0.351 e. The summed E-state index contributed by atoms with van der Waals surface area (Å²) < 4.78 is 1.40. The van der Waals surface area contributed by atoms with Crippen molar-refractivity contribution in [2.45, 2.75) is 6.67 Å². The van der Waals surface area contributed by atoms with Gasteiger partial charge in [0.2, 0.25) is 5.95 Å². The van der Waals surface area contributed by atoms with Crippen LogP contribution in [0.25, 0.3) is 10.9 Å². The Labute approximate surface area is 183 Å². The molecule has 32 heavy (non-hydrogen) atoms. The molecule has 0 aliphatic carbocycles. The highest BCUT2D eigenvalue weighted by atomic mass is 16.2. The van der Waals surface area contributed by atoms with Gasteiger partial charge in [0.05, 0.1) is 34.8 Å². The van der Waals surface area contributed by atoms with Gasteiger partial charge < -0.3 is 10.6 Å². The number of nitriles is 1. The van der Waals surface area contributed by atoms with Gasteiger partial charge in [0.25, 0.3) is 11.5 Å². The van der Waals surface area contributed by atoms with Crippen LogP contribution in [0.1, 0.15) is 15.9 Å². The number of piperazine rings is 1. The number of fused-ring (bicyclic) bond motifs is 1. The van der Waals surface area contributed by atoms with Crippen LogP contribution in [0.5, 0.6) is 0 Å². The van der Waals surface area contributed by atoms with Gasteiger partial charge in [-0.05, 0) is 24.3 Å². The molecule has 1 aromatic heterocycles. The number of para-hydroxylation sites is 1. The number of carbonyl (C=O) groups excluding carboxylic acids is 2. The van der Waals surface area contributed by atoms with Crippen LogP contribution in [0.2, 0.25) is 0 Å². The van der Waals surface area contributed by atoms with Crippen molar-refractivity contribution in [2.24, 2.45) is 5.73 Å². The molecule has 0 saturated carbocycles. The van der Waals surface area contributed by atoms with Crippen LogP contribution in [0.4, 0.5) is 10.7 Å². The highest BCUT2D eigenvalue weighted by Gasteiger charge is 2.22. The lowest BCUT2D eigenvalue weighted by Gasteiger charge is -2.34. The molecule has 0 radical (unpaired) electrons. The first-order chi connectivity index (χ1) is 15.5. The van der Waals surface area contributed by atoms with Crippen molar-refractivity contribution in [3.8, 4) is 6.07 Å². The lowest BCUT2D eigenvalue weighted by atomic mass is 10.1. The number of anilines is 1. The molecule has 3 N–H and O–H groups in total. The molecule has 2 aromatic carbocycles. The number of amides is 3. The molecule has 10 nitrogen and oxygen atoms in total. The summed E-state index contributed by atoms with van der Waals surface area (Å²) in [6.45, 7) is 2.11. The van der Waals surface area contributed by atoms with Crippen molar-refractivity contribution in [1.82, 2.24) is 19.4 Å². The summed E-state index contributed by atoms with van der Waals surface area (Å²) in [4.78, 5) is 45.6. The molecule has 2 heterocycles. The Morgan fingerprint density at radius 3 is 2.47 bits per heavy atom. The van der Waals surface area contributed by atoms with Crippen LogP contribution in [0, 0.1) is 11.3 Å². The predicted octanol–water partition coefficient (Wildman–Crippen LogP) is 1.17. The van der Waals surface area contributed by atoms with E-state index < -0.39 is 11.9 Å². The Bertz CT molecular complexity index is 1290. The Kier molecular flexibility index (Phi) is 5.83. The van der Waals surface area contributed by atoms with Crippen molar-refractivity contribution in [3.63, 3.8) is 0 Å². The van der Waals surface area contributed by atoms with Gasteiger partial charge >= 0.3 is 6.03 Å². The third kappa shape index (κ3) is 4.14. The Morgan fingerprint density at radius 1 is 1.06 bits per heavy atom. The predicted molar refractivity (Wildman–Crippen MR) is 118 cm³/mol. The second-order valence-corrected chi connectivity index (χ2v) is 7.38. The molecule has 3 aromatic rings. The van der Waals surface area contributed by atoms with Crippen LogP contribution in [0.15, 0.2) is 53.3 Å². The van der Waals surface area contributed by atoms with E-state index in [0.29, 0.717) is 37.1 Å². The third-order valence-corrected chi connectivity index (χ3v) is 5.40. The average molecular weight is 431 g/mol. The van der Waals surface area contributed by atoms with Crippen molar-refractivity contribution in [3.05, 3.63) is 70.0 Å². The molecule has 4 rings (SSSR count). The van der Waals surface area contributed by atoms with E-state index in [1.165, 1.54) is 4.57 Å². The first-order valence-corrected chi connectivity index (χ1v) is 10.0. The van der Waals surface area contributed by atoms with E-state index in [1.54, 1.807) is 53.4 Å². The zero-order valence-corrected chi connectivity index (χ0v) is 17.2. The molecular formula is C22H21N7O3. The Morgan fingerprint density at radius 2 is 1.75 bits per heavy atom. The summed E-state index contributed by atoms with van der Waals surface area (Å²) >= 11 is 0. The fourth-order valence-corrected chi connectivity index (χ4v) is 3.65. The highest BCUT2D eigenvalue weighted by Crippen LogP contribution is 2.15. The Hall–Kier alpha value is -4.23. The van der Waals surface area contributed by atoms with Crippen molar-refractivity contribution in [2.75, 3.05) is 31.5 Å². The molecule has 162 valence electrons. The fourth-order valence-electron chi connectivity index (χ4n) is 3.65. The van der Waals surface area contributed by atoms with Crippen LogP contribution in [-0.2, 0) is 6.67 Å². The number of aromatic nitrogens is 2. The third-order valence-electron chi connectivity index (χ3n) is 5.40. The van der Waals surface area contributed by atoms with Crippen LogP contribution >= 0.6 is 0 Å². The maximum atomic E-state index is 13.2. The van der Waals surface area contributed by atoms with E-state index >= 15 is 0 Å². The molecule has 0 bridgehead atoms. The van der Waals surface area contributed by atoms with Crippen LogP contribution in [0.3, 0.4) is 0 Å². The molecule has 1 fully saturated rings. The van der Waals surface area contributed by atoms with E-state index in [9.17, 15) is 19.6 Å². The molecule has 1 saturated heterocycles. The van der Waals surface area contributed by atoms with Gasteiger partial charge in [-0.2, -0.15) is 5.26 Å². The van der Waals surface area contributed by atoms with E-state index in [0.717, 1.165) is 0 Å². The topological polar surface area (TPSA) is 137 Å². The number of hydrogen-bond donors (Lipinski definition) is 2. The fraction of sp³-hybridized carbons (Fsp3) is 0.227. The number of urea groups is 1. The van der Waals surface area contributed by atoms with Gasteiger partial charge in [0, 0.05) is 26.2 Å². The second kappa shape index (κ2) is 8.87. The summed E-state index contributed by atoms with van der Waals surface area (Å²) in [6.07, 6.45) is 0. The number of nitrogens with zero attached hydrogens (tertiary/aromatic N) is 5. The first-order valence-electron chi connectivity index (χ1n) is 10.0. The number of primary amides is 1. The lowest BCUT2D eigenvalue weighted by molar-refractivity contribution is 0.102. The smallest absolute Gasteiger partial charge is 0.314 e. The summed E-state index contributed by atoms with van der Waals surface area (Å²) in [6, 6.07) is 14.8. The van der Waals surface area contributed by atoms with Crippen molar-refractivity contribution >= 4 is 28.8 Å². The van der Waals surface area contributed by atoms with Crippen LogP contribution in [-0.4, -0.2) is 57.5 Å². The molecular weight excluding hydrogens is 410 g/mol. The van der Waals surface area contributed by atoms with Gasteiger partial charge in [0.15, 0.2) is 0 Å². The quantitative estimate of drug-likeness (QED) is 0.636. The molecule has 0 unspecified atom stereocenters. The molecule has 3 amide bonds. The number of hydrogen-bond acceptors (Lipinski definition) is 6. The molecule has 0 atom stereocenters. The minimum atomic E-state index is -0.531. The summed E-state index contributed by atoms with van der Waals surface area (Å²) in [5, 5.41) is 12.4. The largest absolute Gasteiger partial charge is 0.351 e. The highest BCUT2D eigenvalue weighted by molar-refractivity contribution is 6.05. The number of nitrogens with one attached hydrogen (secondary N) is 1. The van der Waals surface area contributed by atoms with Gasteiger partial charge in [-0.1, -0.05) is 24.3 Å². The first kappa shape index (κ1) is 21.0. The lowest BCUT2D eigenvalue weighted by Crippen LogP contribution is -2.51. The second-order valence-electron chi connectivity index (χ2n) is 7.38. The molecule has 0 spiro atoms. The van der Waals surface area contributed by atoms with Crippen LogP contribution < -0.4 is 16.6 Å². The maximum Gasteiger partial charge on any atom is 0.314 e. The monoisotopic (exact) mass is 431 g/mol. The van der Waals surface area contributed by atoms with Crippen molar-refractivity contribution < 1.29 is 9.59 Å². The zero-order valence-electron chi connectivity index (χ0n) is 17.2. The SMILES string of the molecule is N#Cc1ccccc1C(=O)Nc1nc2ccccc2c(=O)n1CN1CCN(C(N)=O)CC1. The van der Waals surface area contributed by atoms with Gasteiger partial charge in [0.1, 0.15) is 0 Å². The van der Waals surface area contributed by atoms with Gasteiger partial charge in [-0.15, -0.1) is 0 Å². The molecule has 1 aliphatic rings. The van der Waals surface area contributed by atoms with Crippen molar-refractivity contribution in [1.29, 1.82) is 5.26 Å². The standard InChI is InChI=1S/C22H21N7O3/c23-13-15-5-1-2-6-16(15)19(30)26-22-25-18-8-4-3-7-17(18)20(31)29(22)14-27-9-11-28(12-10-27)21(24)32/h1-8H,9-12,14H2,(H2,24,32)(H,25,26,30). The average Bonchev–Trinajstić information content (AvgIpc) is 2.81. The minimum absolute atomic E-state index is 0.0868. The number of benzene rings is 2. The summed E-state index contributed by atoms with van der Waals surface area (Å²) in [5.41, 5.74) is 5.92. The summed E-state index contributed by atoms with van der Waals surface area (Å²) in [7, 11) is 0. The van der Waals surface area contributed by atoms with E-state index in [-0.39, 0.29) is 29.3 Å². The maximum absolute atomic E-state index is 13.2. The molecule has 10 heteroatoms. The van der Waals surface area contributed by atoms with Gasteiger partial charge in [-0.25, -0.2) is 9.78 Å². The van der Waals surface area contributed by atoms with E-state index in [4.69, 9.17) is 5.73 Å². The van der Waals surface area contributed by atoms with E-state index in [2.05, 4.69) is 10.3 Å². The van der Waals surface area contributed by atoms with Gasteiger partial charge in [-0.3, -0.25) is 24.4 Å². The number of nitrogens with two attached hydrogens (primary N) is 1. The van der Waals surface area contributed by atoms with E-state index in [1.807, 2.05) is 11.0 Å². The normalized spacial score (nSPS) is 14.2. The summed E-state index contributed by atoms with van der Waals surface area (Å²) in [5.74, 6) is -0.444. The zero-order chi connectivity index (χ0) is 22.7.